The Balaban J connectivity index is 1.75. The Labute approximate surface area is 139 Å². The van der Waals surface area contributed by atoms with Gasteiger partial charge < -0.3 is 14.2 Å². The van der Waals surface area contributed by atoms with E-state index in [4.69, 9.17) is 9.47 Å². The summed E-state index contributed by atoms with van der Waals surface area (Å²) in [5.41, 5.74) is 0.799. The first-order valence-corrected chi connectivity index (χ1v) is 7.91. The molecule has 0 radical (unpaired) electrons. The molecular weight excluding hydrogens is 316 g/mol. The number of rotatable bonds is 8. The predicted molar refractivity (Wildman–Crippen MR) is 84.6 cm³/mol. The van der Waals surface area contributed by atoms with Gasteiger partial charge in [0, 0.05) is 12.3 Å². The van der Waals surface area contributed by atoms with E-state index in [1.54, 1.807) is 30.5 Å². The van der Waals surface area contributed by atoms with Gasteiger partial charge in [0.15, 0.2) is 11.5 Å². The highest BCUT2D eigenvalue weighted by Gasteiger charge is 2.23. The van der Waals surface area contributed by atoms with E-state index in [2.05, 4.69) is 9.72 Å². The van der Waals surface area contributed by atoms with Gasteiger partial charge in [-0.25, -0.2) is 4.98 Å². The van der Waals surface area contributed by atoms with Crippen molar-refractivity contribution in [2.24, 2.45) is 5.92 Å². The molecule has 6 heteroatoms. The average Bonchev–Trinajstić information content (AvgIpc) is 3.38. The third kappa shape index (κ3) is 4.57. The summed E-state index contributed by atoms with van der Waals surface area (Å²) in [4.78, 5) is 4.11. The third-order valence-corrected chi connectivity index (χ3v) is 3.76. The Hall–Kier alpha value is -2.37. The Kier molecular flexibility index (Phi) is 5.13. The van der Waals surface area contributed by atoms with Crippen LogP contribution in [0, 0.1) is 5.92 Å². The van der Waals surface area contributed by atoms with E-state index in [1.165, 1.54) is 6.07 Å². The molecule has 1 unspecified atom stereocenters. The molecule has 0 spiro atoms. The lowest BCUT2D eigenvalue weighted by Crippen LogP contribution is -2.08. The maximum atomic E-state index is 12.5. The van der Waals surface area contributed by atoms with Crippen LogP contribution in [0.4, 0.5) is 8.78 Å². The number of halogens is 2. The summed E-state index contributed by atoms with van der Waals surface area (Å²) in [5, 5.41) is 0. The zero-order valence-electron chi connectivity index (χ0n) is 13.3. The molecule has 1 heterocycles. The standard InChI is InChI=1S/C18H19F2NO3/c1-12(23-17-4-2-3-9-21-17)14-7-8-15(24-18(19)20)16(10-14)22-11-13-5-6-13/h2-4,7-10,12-13,18H,5-6,11H2,1H3. The SMILES string of the molecule is CC(Oc1ccccn1)c1ccc(OC(F)F)c(OCC2CC2)c1. The molecule has 1 aromatic carbocycles. The van der Waals surface area contributed by atoms with Gasteiger partial charge in [-0.1, -0.05) is 12.1 Å². The minimum Gasteiger partial charge on any atom is -0.489 e. The minimum absolute atomic E-state index is 0.0411. The summed E-state index contributed by atoms with van der Waals surface area (Å²) < 4.78 is 41.1. The van der Waals surface area contributed by atoms with Crippen LogP contribution in [0.3, 0.4) is 0 Å². The third-order valence-electron chi connectivity index (χ3n) is 3.76. The molecule has 0 amide bonds. The predicted octanol–water partition coefficient (Wildman–Crippen LogP) is 4.61. The second kappa shape index (κ2) is 7.47. The lowest BCUT2D eigenvalue weighted by atomic mass is 10.1. The largest absolute Gasteiger partial charge is 0.489 e. The summed E-state index contributed by atoms with van der Waals surface area (Å²) in [6.45, 7) is -0.512. The van der Waals surface area contributed by atoms with Crippen LogP contribution in [-0.2, 0) is 0 Å². The lowest BCUT2D eigenvalue weighted by molar-refractivity contribution is -0.0515. The van der Waals surface area contributed by atoms with Gasteiger partial charge in [-0.3, -0.25) is 0 Å². The van der Waals surface area contributed by atoms with Gasteiger partial charge in [-0.05, 0) is 49.4 Å². The molecule has 1 atom stereocenters. The monoisotopic (exact) mass is 335 g/mol. The van der Waals surface area contributed by atoms with E-state index in [9.17, 15) is 8.78 Å². The Morgan fingerprint density at radius 3 is 2.62 bits per heavy atom. The van der Waals surface area contributed by atoms with Crippen molar-refractivity contribution in [3.8, 4) is 17.4 Å². The van der Waals surface area contributed by atoms with Crippen molar-refractivity contribution in [1.29, 1.82) is 0 Å². The first kappa shape index (κ1) is 16.5. The van der Waals surface area contributed by atoms with Crippen molar-refractivity contribution in [2.45, 2.75) is 32.5 Å². The van der Waals surface area contributed by atoms with Crippen molar-refractivity contribution in [3.05, 3.63) is 48.2 Å². The van der Waals surface area contributed by atoms with Crippen LogP contribution in [0.25, 0.3) is 0 Å². The van der Waals surface area contributed by atoms with Crippen LogP contribution >= 0.6 is 0 Å². The first-order valence-electron chi connectivity index (χ1n) is 7.91. The van der Waals surface area contributed by atoms with Crippen molar-refractivity contribution >= 4 is 0 Å². The van der Waals surface area contributed by atoms with E-state index in [0.717, 1.165) is 18.4 Å². The van der Waals surface area contributed by atoms with Crippen molar-refractivity contribution < 1.29 is 23.0 Å². The number of ether oxygens (including phenoxy) is 3. The van der Waals surface area contributed by atoms with Gasteiger partial charge in [0.1, 0.15) is 6.10 Å². The van der Waals surface area contributed by atoms with Crippen LogP contribution in [0.1, 0.15) is 31.4 Å². The van der Waals surface area contributed by atoms with Crippen LogP contribution < -0.4 is 14.2 Å². The van der Waals surface area contributed by atoms with Crippen LogP contribution in [0.2, 0.25) is 0 Å². The van der Waals surface area contributed by atoms with E-state index in [1.807, 2.05) is 13.0 Å². The number of aromatic nitrogens is 1. The number of benzene rings is 1. The Morgan fingerprint density at radius 2 is 1.96 bits per heavy atom. The van der Waals surface area contributed by atoms with Crippen LogP contribution in [0.15, 0.2) is 42.6 Å². The zero-order chi connectivity index (χ0) is 16.9. The molecule has 0 saturated heterocycles. The quantitative estimate of drug-likeness (QED) is 0.706. The highest BCUT2D eigenvalue weighted by molar-refractivity contribution is 5.44. The zero-order valence-corrected chi connectivity index (χ0v) is 13.3. The maximum absolute atomic E-state index is 12.5. The maximum Gasteiger partial charge on any atom is 0.387 e. The average molecular weight is 335 g/mol. The molecule has 0 N–H and O–H groups in total. The summed E-state index contributed by atoms with van der Waals surface area (Å²) in [7, 11) is 0. The fraction of sp³-hybridized carbons (Fsp3) is 0.389. The van der Waals surface area contributed by atoms with Gasteiger partial charge >= 0.3 is 6.61 Å². The Bertz CT molecular complexity index is 663. The highest BCUT2D eigenvalue weighted by atomic mass is 19.3. The summed E-state index contributed by atoms with van der Waals surface area (Å²) in [6.07, 6.45) is 3.57. The van der Waals surface area contributed by atoms with Gasteiger partial charge in [0.25, 0.3) is 0 Å². The number of hydrogen-bond acceptors (Lipinski definition) is 4. The van der Waals surface area contributed by atoms with Gasteiger partial charge in [-0.15, -0.1) is 0 Å². The smallest absolute Gasteiger partial charge is 0.387 e. The molecule has 1 aliphatic rings. The second-order valence-electron chi connectivity index (χ2n) is 5.77. The Morgan fingerprint density at radius 1 is 1.12 bits per heavy atom. The summed E-state index contributed by atoms with van der Waals surface area (Å²) in [5.74, 6) is 1.37. The highest BCUT2D eigenvalue weighted by Crippen LogP contribution is 2.35. The number of hydrogen-bond donors (Lipinski definition) is 0. The van der Waals surface area contributed by atoms with Gasteiger partial charge in [-0.2, -0.15) is 8.78 Å². The molecule has 24 heavy (non-hydrogen) atoms. The molecule has 1 fully saturated rings. The fourth-order valence-electron chi connectivity index (χ4n) is 2.24. The van der Waals surface area contributed by atoms with Crippen molar-refractivity contribution in [3.63, 3.8) is 0 Å². The molecular formula is C18H19F2NO3. The molecule has 1 saturated carbocycles. The molecule has 1 aromatic heterocycles. The van der Waals surface area contributed by atoms with Gasteiger partial charge in [0.2, 0.25) is 5.88 Å². The molecule has 128 valence electrons. The lowest BCUT2D eigenvalue weighted by Gasteiger charge is -2.17. The fourth-order valence-corrected chi connectivity index (χ4v) is 2.24. The number of nitrogens with zero attached hydrogens (tertiary/aromatic N) is 1. The topological polar surface area (TPSA) is 40.6 Å². The summed E-state index contributed by atoms with van der Waals surface area (Å²) >= 11 is 0. The van der Waals surface area contributed by atoms with E-state index in [-0.39, 0.29) is 11.9 Å². The van der Waals surface area contributed by atoms with Crippen LogP contribution in [-0.4, -0.2) is 18.2 Å². The molecule has 1 aliphatic carbocycles. The van der Waals surface area contributed by atoms with E-state index in [0.29, 0.717) is 24.2 Å². The van der Waals surface area contributed by atoms with E-state index < -0.39 is 6.61 Å². The number of alkyl halides is 2. The molecule has 0 aliphatic heterocycles. The second-order valence-corrected chi connectivity index (χ2v) is 5.77. The molecule has 2 aromatic rings. The molecule has 0 bridgehead atoms. The normalized spacial score (nSPS) is 15.2. The van der Waals surface area contributed by atoms with Gasteiger partial charge in [0.05, 0.1) is 6.61 Å². The molecule has 4 nitrogen and oxygen atoms in total. The number of pyridine rings is 1. The summed E-state index contributed by atoms with van der Waals surface area (Å²) in [6, 6.07) is 10.3. The van der Waals surface area contributed by atoms with Crippen molar-refractivity contribution in [1.82, 2.24) is 4.98 Å². The van der Waals surface area contributed by atoms with Crippen LogP contribution in [0.5, 0.6) is 17.4 Å². The minimum atomic E-state index is -2.89. The molecule has 3 rings (SSSR count). The van der Waals surface area contributed by atoms with Crippen molar-refractivity contribution in [2.75, 3.05) is 6.61 Å². The first-order chi connectivity index (χ1) is 11.6. The van der Waals surface area contributed by atoms with E-state index >= 15 is 0 Å².